The number of benzene rings is 1. The van der Waals surface area contributed by atoms with Gasteiger partial charge in [-0.05, 0) is 51.8 Å². The van der Waals surface area contributed by atoms with E-state index in [1.165, 1.54) is 63.6 Å². The number of carbonyl (C=O) groups excluding carboxylic acids is 2. The highest BCUT2D eigenvalue weighted by Gasteiger charge is 2.46. The number of hydrogen-bond acceptors (Lipinski definition) is 4. The summed E-state index contributed by atoms with van der Waals surface area (Å²) in [7, 11) is 1.86. The van der Waals surface area contributed by atoms with Crippen molar-refractivity contribution in [1.82, 2.24) is 15.1 Å². The molecule has 4 rings (SSSR count). The number of allylic oxidation sites excluding steroid dienone is 1. The van der Waals surface area contributed by atoms with Crippen molar-refractivity contribution in [3.63, 3.8) is 0 Å². The Morgan fingerprint density at radius 3 is 2.35 bits per heavy atom. The highest BCUT2D eigenvalue weighted by Crippen LogP contribution is 2.36. The molecule has 190 valence electrons. The quantitative estimate of drug-likeness (QED) is 0.490. The van der Waals surface area contributed by atoms with Crippen molar-refractivity contribution in [2.45, 2.75) is 76.2 Å². The molecule has 1 aliphatic carbocycles. The van der Waals surface area contributed by atoms with Crippen molar-refractivity contribution in [1.29, 1.82) is 0 Å². The van der Waals surface area contributed by atoms with Crippen LogP contribution in [0.5, 0.6) is 0 Å². The highest BCUT2D eigenvalue weighted by atomic mass is 19.4. The first kappa shape index (κ1) is 28.1. The number of nitrogens with zero attached hydrogens (tertiary/aromatic N) is 2. The molecule has 2 unspecified atom stereocenters. The van der Waals surface area contributed by atoms with Gasteiger partial charge in [0.15, 0.2) is 0 Å². The Hall–Kier alpha value is -2.19. The minimum Gasteiger partial charge on any atom is -0.337 e. The Bertz CT molecular complexity index is 794. The number of alkyl halides is 3. The van der Waals surface area contributed by atoms with E-state index < -0.39 is 11.7 Å². The van der Waals surface area contributed by atoms with Gasteiger partial charge < -0.3 is 10.2 Å². The summed E-state index contributed by atoms with van der Waals surface area (Å²) in [6.07, 6.45) is 7.13. The number of rotatable bonds is 4. The van der Waals surface area contributed by atoms with Crippen LogP contribution in [0.3, 0.4) is 0 Å². The highest BCUT2D eigenvalue weighted by molar-refractivity contribution is 5.79. The molecule has 5 nitrogen and oxygen atoms in total. The molecule has 1 amide bonds. The van der Waals surface area contributed by atoms with E-state index in [0.717, 1.165) is 24.7 Å². The van der Waals surface area contributed by atoms with E-state index >= 15 is 0 Å². The Morgan fingerprint density at radius 1 is 1.12 bits per heavy atom. The van der Waals surface area contributed by atoms with E-state index in [4.69, 9.17) is 0 Å². The predicted molar refractivity (Wildman–Crippen MR) is 129 cm³/mol. The van der Waals surface area contributed by atoms with Gasteiger partial charge in [-0.1, -0.05) is 37.5 Å². The lowest BCUT2D eigenvalue weighted by atomic mass is 9.93. The summed E-state index contributed by atoms with van der Waals surface area (Å²) in [4.78, 5) is 27.1. The van der Waals surface area contributed by atoms with Gasteiger partial charge in [0.1, 0.15) is 6.29 Å². The van der Waals surface area contributed by atoms with Gasteiger partial charge in [0.05, 0.1) is 12.1 Å². The maximum absolute atomic E-state index is 12.1. The molecule has 1 aromatic rings. The smallest absolute Gasteiger partial charge is 0.337 e. The Labute approximate surface area is 201 Å². The SMILES string of the molecule is C=CC.CNCC(=O)N1CCC2C1CCN2C1CCCCC1.O=Cc1cccc(C(F)(F)F)c1. The second-order valence-corrected chi connectivity index (χ2v) is 9.01. The summed E-state index contributed by atoms with van der Waals surface area (Å²) in [5, 5.41) is 2.99. The van der Waals surface area contributed by atoms with Crippen LogP contribution in [0.1, 0.15) is 67.8 Å². The lowest BCUT2D eigenvalue weighted by molar-refractivity contribution is -0.137. The third-order valence-electron chi connectivity index (χ3n) is 6.66. The van der Waals surface area contributed by atoms with Crippen LogP contribution < -0.4 is 5.32 Å². The van der Waals surface area contributed by atoms with Crippen LogP contribution in [-0.2, 0) is 11.0 Å². The van der Waals surface area contributed by atoms with Crippen LogP contribution in [0.2, 0.25) is 0 Å². The molecule has 1 saturated carbocycles. The lowest BCUT2D eigenvalue weighted by Gasteiger charge is -2.35. The summed E-state index contributed by atoms with van der Waals surface area (Å²) in [6, 6.07) is 6.23. The molecular formula is C26H38F3N3O2. The van der Waals surface area contributed by atoms with Crippen LogP contribution in [0.15, 0.2) is 36.9 Å². The zero-order valence-corrected chi connectivity index (χ0v) is 20.3. The number of amides is 1. The van der Waals surface area contributed by atoms with Crippen molar-refractivity contribution >= 4 is 12.2 Å². The molecule has 2 atom stereocenters. The standard InChI is InChI=1S/C15H27N3O.C8H5F3O.C3H6/c1-16-11-15(19)18-10-8-13-14(18)7-9-17(13)12-5-3-2-4-6-12;9-8(10,11)7-3-1-2-6(4-7)5-12;1-3-2/h12-14,16H,2-11H2,1H3;1-5H;3H,1H2,2H3. The van der Waals surface area contributed by atoms with Crippen LogP contribution in [0.4, 0.5) is 13.2 Å². The van der Waals surface area contributed by atoms with Gasteiger partial charge in [-0.3, -0.25) is 14.5 Å². The van der Waals surface area contributed by atoms with Gasteiger partial charge in [-0.2, -0.15) is 13.2 Å². The van der Waals surface area contributed by atoms with Crippen LogP contribution >= 0.6 is 0 Å². The van der Waals surface area contributed by atoms with E-state index in [1.807, 2.05) is 14.0 Å². The zero-order valence-electron chi connectivity index (χ0n) is 20.3. The largest absolute Gasteiger partial charge is 0.416 e. The Kier molecular flexibility index (Phi) is 11.2. The van der Waals surface area contributed by atoms with Gasteiger partial charge in [-0.15, -0.1) is 6.58 Å². The number of likely N-dealkylation sites (tertiary alicyclic amines) is 2. The van der Waals surface area contributed by atoms with Gasteiger partial charge >= 0.3 is 6.18 Å². The molecule has 2 heterocycles. The molecule has 34 heavy (non-hydrogen) atoms. The fraction of sp³-hybridized carbons (Fsp3) is 0.615. The average Bonchev–Trinajstić information content (AvgIpc) is 3.43. The number of halogens is 3. The molecule has 0 bridgehead atoms. The van der Waals surface area contributed by atoms with Gasteiger partial charge in [0.2, 0.25) is 5.91 Å². The third-order valence-corrected chi connectivity index (χ3v) is 6.66. The first-order valence-corrected chi connectivity index (χ1v) is 12.2. The van der Waals surface area contributed by atoms with Crippen molar-refractivity contribution in [3.8, 4) is 0 Å². The Balaban J connectivity index is 0.000000234. The second kappa shape index (κ2) is 13.6. The fourth-order valence-corrected chi connectivity index (χ4v) is 5.24. The molecule has 1 N–H and O–H groups in total. The number of nitrogens with one attached hydrogen (secondary N) is 1. The molecule has 0 spiro atoms. The Morgan fingerprint density at radius 2 is 1.76 bits per heavy atom. The lowest BCUT2D eigenvalue weighted by Crippen LogP contribution is -2.45. The van der Waals surface area contributed by atoms with E-state index in [0.29, 0.717) is 30.8 Å². The first-order chi connectivity index (χ1) is 16.3. The molecule has 2 saturated heterocycles. The minimum absolute atomic E-state index is 0.0322. The van der Waals surface area contributed by atoms with Gasteiger partial charge in [0, 0.05) is 36.8 Å². The van der Waals surface area contributed by atoms with E-state index in [-0.39, 0.29) is 5.56 Å². The summed E-state index contributed by atoms with van der Waals surface area (Å²) in [5.74, 6) is 0.292. The predicted octanol–water partition coefficient (Wildman–Crippen LogP) is 4.92. The number of hydrogen-bond donors (Lipinski definition) is 1. The van der Waals surface area contributed by atoms with E-state index in [2.05, 4.69) is 21.7 Å². The van der Waals surface area contributed by atoms with Crippen molar-refractivity contribution in [2.75, 3.05) is 26.7 Å². The zero-order chi connectivity index (χ0) is 25.1. The van der Waals surface area contributed by atoms with Gasteiger partial charge in [0.25, 0.3) is 0 Å². The summed E-state index contributed by atoms with van der Waals surface area (Å²) in [6.45, 7) is 7.93. The van der Waals surface area contributed by atoms with Crippen LogP contribution in [-0.4, -0.2) is 66.8 Å². The van der Waals surface area contributed by atoms with Gasteiger partial charge in [-0.25, -0.2) is 0 Å². The van der Waals surface area contributed by atoms with E-state index in [9.17, 15) is 22.8 Å². The normalized spacial score (nSPS) is 22.7. The number of likely N-dealkylation sites (N-methyl/N-ethyl adjacent to an activating group) is 1. The number of carbonyl (C=O) groups is 2. The third kappa shape index (κ3) is 7.67. The average molecular weight is 482 g/mol. The topological polar surface area (TPSA) is 52.7 Å². The molecule has 1 aromatic carbocycles. The second-order valence-electron chi connectivity index (χ2n) is 9.01. The molecule has 0 radical (unpaired) electrons. The molecule has 3 fully saturated rings. The van der Waals surface area contributed by atoms with Crippen LogP contribution in [0.25, 0.3) is 0 Å². The number of fused-ring (bicyclic) bond motifs is 1. The molecule has 8 heteroatoms. The van der Waals surface area contributed by atoms with Crippen molar-refractivity contribution < 1.29 is 22.8 Å². The number of aldehydes is 1. The first-order valence-electron chi connectivity index (χ1n) is 12.2. The summed E-state index contributed by atoms with van der Waals surface area (Å²) >= 11 is 0. The summed E-state index contributed by atoms with van der Waals surface area (Å²) < 4.78 is 36.0. The molecule has 2 aliphatic heterocycles. The maximum Gasteiger partial charge on any atom is 0.416 e. The fourth-order valence-electron chi connectivity index (χ4n) is 5.24. The molecular weight excluding hydrogens is 443 g/mol. The minimum atomic E-state index is -4.38. The van der Waals surface area contributed by atoms with Crippen molar-refractivity contribution in [2.24, 2.45) is 0 Å². The van der Waals surface area contributed by atoms with Crippen molar-refractivity contribution in [3.05, 3.63) is 48.0 Å². The molecule has 0 aromatic heterocycles. The maximum atomic E-state index is 12.1. The monoisotopic (exact) mass is 481 g/mol. The molecule has 3 aliphatic rings. The van der Waals surface area contributed by atoms with Crippen LogP contribution in [0, 0.1) is 0 Å². The summed E-state index contributed by atoms with van der Waals surface area (Å²) in [5.41, 5.74) is -0.767. The van der Waals surface area contributed by atoms with E-state index in [1.54, 1.807) is 6.08 Å².